The molecule has 96 valence electrons. The molecule has 0 saturated heterocycles. The van der Waals surface area contributed by atoms with Crippen molar-refractivity contribution < 1.29 is 9.50 Å². The van der Waals surface area contributed by atoms with E-state index in [0.29, 0.717) is 5.56 Å². The van der Waals surface area contributed by atoms with Gasteiger partial charge in [0.2, 0.25) is 0 Å². The van der Waals surface area contributed by atoms with Gasteiger partial charge in [0.25, 0.3) is 0 Å². The van der Waals surface area contributed by atoms with Crippen LogP contribution in [0.4, 0.5) is 4.39 Å². The molecule has 3 nitrogen and oxygen atoms in total. The number of aromatic hydroxyl groups is 1. The predicted molar refractivity (Wildman–Crippen MR) is 72.7 cm³/mol. The van der Waals surface area contributed by atoms with E-state index in [2.05, 4.69) is 0 Å². The van der Waals surface area contributed by atoms with Gasteiger partial charge in [-0.1, -0.05) is 18.2 Å². The van der Waals surface area contributed by atoms with Crippen molar-refractivity contribution in [3.63, 3.8) is 0 Å². The lowest BCUT2D eigenvalue weighted by molar-refractivity contribution is 0.474. The van der Waals surface area contributed by atoms with E-state index in [1.807, 2.05) is 0 Å². The lowest BCUT2D eigenvalue weighted by Crippen LogP contribution is -1.83. The van der Waals surface area contributed by atoms with Crippen LogP contribution in [0.2, 0.25) is 0 Å². The first-order valence-electron chi connectivity index (χ1n) is 5.75. The molecular weight excluding hydrogens is 255 g/mol. The summed E-state index contributed by atoms with van der Waals surface area (Å²) < 4.78 is 12.9. The number of benzene rings is 2. The van der Waals surface area contributed by atoms with Gasteiger partial charge in [-0.2, -0.15) is 10.5 Å². The van der Waals surface area contributed by atoms with Crippen LogP contribution >= 0.6 is 0 Å². The Balaban J connectivity index is 2.49. The summed E-state index contributed by atoms with van der Waals surface area (Å²) in [6, 6.07) is 14.2. The molecular formula is C16H9FN2O. The number of hydrogen-bond donors (Lipinski definition) is 1. The fourth-order valence-corrected chi connectivity index (χ4v) is 1.74. The van der Waals surface area contributed by atoms with E-state index in [1.54, 1.807) is 36.4 Å². The van der Waals surface area contributed by atoms with Crippen LogP contribution in [0.1, 0.15) is 5.56 Å². The maximum absolute atomic E-state index is 12.9. The standard InChI is InChI=1S/C16H9FN2O/c17-15-4-1-12(2-5-15)13-3-6-16(20)14(8-13)7-11(9-18)10-19/h1-8,20H. The Kier molecular flexibility index (Phi) is 3.79. The van der Waals surface area contributed by atoms with Crippen molar-refractivity contribution in [3.8, 4) is 29.0 Å². The second-order valence-electron chi connectivity index (χ2n) is 4.06. The summed E-state index contributed by atoms with van der Waals surface area (Å²) in [5.74, 6) is -0.359. The summed E-state index contributed by atoms with van der Waals surface area (Å²) in [5.41, 5.74) is 1.79. The molecule has 0 amide bonds. The SMILES string of the molecule is N#CC(C#N)=Cc1cc(-c2ccc(F)cc2)ccc1O. The maximum Gasteiger partial charge on any atom is 0.130 e. The molecule has 0 saturated carbocycles. The zero-order chi connectivity index (χ0) is 14.5. The fraction of sp³-hybridized carbons (Fsp3) is 0. The molecule has 0 heterocycles. The topological polar surface area (TPSA) is 67.8 Å². The monoisotopic (exact) mass is 264 g/mol. The van der Waals surface area contributed by atoms with Crippen molar-refractivity contribution in [2.24, 2.45) is 0 Å². The number of phenolic OH excluding ortho intramolecular Hbond substituents is 1. The molecule has 0 spiro atoms. The Bertz CT molecular complexity index is 734. The lowest BCUT2D eigenvalue weighted by atomic mass is 10.0. The number of nitriles is 2. The third kappa shape index (κ3) is 2.82. The molecule has 0 radical (unpaired) electrons. The highest BCUT2D eigenvalue weighted by Gasteiger charge is 2.04. The number of phenols is 1. The van der Waals surface area contributed by atoms with Crippen molar-refractivity contribution in [2.45, 2.75) is 0 Å². The van der Waals surface area contributed by atoms with Crippen molar-refractivity contribution in [1.82, 2.24) is 0 Å². The largest absolute Gasteiger partial charge is 0.507 e. The van der Waals surface area contributed by atoms with Gasteiger partial charge in [0.15, 0.2) is 0 Å². The minimum absolute atomic E-state index is 0.0288. The fourth-order valence-electron chi connectivity index (χ4n) is 1.74. The van der Waals surface area contributed by atoms with Crippen LogP contribution < -0.4 is 0 Å². The Morgan fingerprint density at radius 3 is 2.20 bits per heavy atom. The van der Waals surface area contributed by atoms with E-state index in [4.69, 9.17) is 10.5 Å². The molecule has 0 aromatic heterocycles. The van der Waals surface area contributed by atoms with Gasteiger partial charge in [0.1, 0.15) is 29.3 Å². The number of halogens is 1. The minimum atomic E-state index is -0.330. The first-order valence-corrected chi connectivity index (χ1v) is 5.75. The van der Waals surface area contributed by atoms with E-state index in [9.17, 15) is 9.50 Å². The molecule has 1 N–H and O–H groups in total. The van der Waals surface area contributed by atoms with E-state index in [0.717, 1.165) is 11.1 Å². The second-order valence-corrected chi connectivity index (χ2v) is 4.06. The first-order chi connectivity index (χ1) is 9.63. The summed E-state index contributed by atoms with van der Waals surface area (Å²) in [6.45, 7) is 0. The van der Waals surface area contributed by atoms with E-state index in [1.165, 1.54) is 24.3 Å². The highest BCUT2D eigenvalue weighted by atomic mass is 19.1. The number of nitrogens with zero attached hydrogens (tertiary/aromatic N) is 2. The molecule has 2 aromatic rings. The Morgan fingerprint density at radius 2 is 1.60 bits per heavy atom. The van der Waals surface area contributed by atoms with Crippen LogP contribution in [0.3, 0.4) is 0 Å². The lowest BCUT2D eigenvalue weighted by Gasteiger charge is -2.05. The van der Waals surface area contributed by atoms with Gasteiger partial charge >= 0.3 is 0 Å². The van der Waals surface area contributed by atoms with Gasteiger partial charge in [0.05, 0.1) is 0 Å². The summed E-state index contributed by atoms with van der Waals surface area (Å²) in [5, 5.41) is 27.2. The van der Waals surface area contributed by atoms with E-state index < -0.39 is 0 Å². The van der Waals surface area contributed by atoms with Crippen LogP contribution in [0.25, 0.3) is 17.2 Å². The molecule has 20 heavy (non-hydrogen) atoms. The van der Waals surface area contributed by atoms with Gasteiger partial charge in [-0.3, -0.25) is 0 Å². The smallest absolute Gasteiger partial charge is 0.130 e. The Hall–Kier alpha value is -3.11. The zero-order valence-corrected chi connectivity index (χ0v) is 10.3. The molecule has 0 bridgehead atoms. The van der Waals surface area contributed by atoms with Crippen molar-refractivity contribution in [1.29, 1.82) is 10.5 Å². The van der Waals surface area contributed by atoms with Crippen molar-refractivity contribution in [2.75, 3.05) is 0 Å². The molecule has 0 aliphatic heterocycles. The molecule has 2 rings (SSSR count). The zero-order valence-electron chi connectivity index (χ0n) is 10.3. The van der Waals surface area contributed by atoms with Gasteiger partial charge in [-0.25, -0.2) is 4.39 Å². The highest BCUT2D eigenvalue weighted by molar-refractivity contribution is 5.73. The number of allylic oxidation sites excluding steroid dienone is 1. The quantitative estimate of drug-likeness (QED) is 0.842. The van der Waals surface area contributed by atoms with Gasteiger partial charge < -0.3 is 5.11 Å². The van der Waals surface area contributed by atoms with E-state index in [-0.39, 0.29) is 17.1 Å². The van der Waals surface area contributed by atoms with Gasteiger partial charge in [-0.05, 0) is 41.5 Å². The maximum atomic E-state index is 12.9. The molecule has 0 aliphatic carbocycles. The molecule has 0 atom stereocenters. The van der Waals surface area contributed by atoms with Gasteiger partial charge in [-0.15, -0.1) is 0 Å². The summed E-state index contributed by atoms with van der Waals surface area (Å²) in [4.78, 5) is 0. The Labute approximate surface area is 115 Å². The van der Waals surface area contributed by atoms with Crippen LogP contribution in [-0.2, 0) is 0 Å². The van der Waals surface area contributed by atoms with Crippen molar-refractivity contribution in [3.05, 3.63) is 59.4 Å². The van der Waals surface area contributed by atoms with E-state index >= 15 is 0 Å². The third-order valence-electron chi connectivity index (χ3n) is 2.75. The normalized spacial score (nSPS) is 9.35. The molecule has 2 aromatic carbocycles. The average Bonchev–Trinajstić information content (AvgIpc) is 2.47. The summed E-state index contributed by atoms with van der Waals surface area (Å²) in [7, 11) is 0. The average molecular weight is 264 g/mol. The van der Waals surface area contributed by atoms with Gasteiger partial charge in [0, 0.05) is 5.56 Å². The highest BCUT2D eigenvalue weighted by Crippen LogP contribution is 2.27. The van der Waals surface area contributed by atoms with Crippen LogP contribution in [-0.4, -0.2) is 5.11 Å². The molecule has 4 heteroatoms. The first kappa shape index (κ1) is 13.3. The number of rotatable bonds is 2. The summed E-state index contributed by atoms with van der Waals surface area (Å²) >= 11 is 0. The summed E-state index contributed by atoms with van der Waals surface area (Å²) in [6.07, 6.45) is 1.31. The Morgan fingerprint density at radius 1 is 1.00 bits per heavy atom. The molecule has 0 aliphatic rings. The van der Waals surface area contributed by atoms with Crippen LogP contribution in [0, 0.1) is 28.5 Å². The predicted octanol–water partition coefficient (Wildman–Crippen LogP) is 3.63. The minimum Gasteiger partial charge on any atom is -0.507 e. The molecule has 0 unspecified atom stereocenters. The van der Waals surface area contributed by atoms with Crippen molar-refractivity contribution >= 4 is 6.08 Å². The van der Waals surface area contributed by atoms with Crippen LogP contribution in [0.5, 0.6) is 5.75 Å². The third-order valence-corrected chi connectivity index (χ3v) is 2.75. The second kappa shape index (κ2) is 5.69. The molecule has 0 fully saturated rings. The van der Waals surface area contributed by atoms with Crippen LogP contribution in [0.15, 0.2) is 48.0 Å². The number of hydrogen-bond acceptors (Lipinski definition) is 3.